The molecule has 11 heteroatoms. The van der Waals surface area contributed by atoms with Crippen molar-refractivity contribution in [2.75, 3.05) is 36.0 Å². The number of rotatable bonds is 3. The van der Waals surface area contributed by atoms with Crippen molar-refractivity contribution in [2.45, 2.75) is 39.0 Å². The van der Waals surface area contributed by atoms with E-state index in [2.05, 4.69) is 19.9 Å². The quantitative estimate of drug-likeness (QED) is 0.690. The summed E-state index contributed by atoms with van der Waals surface area (Å²) < 4.78 is 39.2. The smallest absolute Gasteiger partial charge is 0.369 e. The lowest BCUT2D eigenvalue weighted by atomic mass is 10.1. The SMILES string of the molecule is Cc1nc2c(c(N3CCC3)n1)CN(C(=O)[C@@H]1CCN(c3cc(C(F)(F)F)ncc3Cl)C1)C2. The Morgan fingerprint density at radius 2 is 1.94 bits per heavy atom. The minimum absolute atomic E-state index is 0.0149. The number of amides is 1. The Bertz CT molecular complexity index is 1070. The Morgan fingerprint density at radius 3 is 2.62 bits per heavy atom. The third-order valence-electron chi connectivity index (χ3n) is 6.34. The van der Waals surface area contributed by atoms with Gasteiger partial charge in [0.2, 0.25) is 5.91 Å². The molecule has 3 aliphatic rings. The average Bonchev–Trinajstić information content (AvgIpc) is 3.32. The molecule has 2 fully saturated rings. The Kier molecular flexibility index (Phi) is 5.15. The van der Waals surface area contributed by atoms with Gasteiger partial charge in [0.25, 0.3) is 0 Å². The summed E-state index contributed by atoms with van der Waals surface area (Å²) in [4.78, 5) is 31.5. The number of carbonyl (C=O) groups is 1. The minimum Gasteiger partial charge on any atom is -0.369 e. The van der Waals surface area contributed by atoms with Crippen molar-refractivity contribution in [2.24, 2.45) is 5.92 Å². The number of nitrogens with zero attached hydrogens (tertiary/aromatic N) is 6. The van der Waals surface area contributed by atoms with Crippen LogP contribution in [-0.2, 0) is 24.1 Å². The lowest BCUT2D eigenvalue weighted by Crippen LogP contribution is -2.39. The number of alkyl halides is 3. The summed E-state index contributed by atoms with van der Waals surface area (Å²) in [5.74, 6) is 1.29. The molecular formula is C21H22ClF3N6O. The molecule has 0 unspecified atom stereocenters. The summed E-state index contributed by atoms with van der Waals surface area (Å²) in [6, 6.07) is 0.957. The van der Waals surface area contributed by atoms with Crippen LogP contribution in [0.25, 0.3) is 0 Å². The van der Waals surface area contributed by atoms with Gasteiger partial charge in [0, 0.05) is 37.9 Å². The molecule has 0 radical (unpaired) electrons. The van der Waals surface area contributed by atoms with Crippen LogP contribution in [0.1, 0.15) is 35.6 Å². The first-order valence-corrected chi connectivity index (χ1v) is 11.0. The Balaban J connectivity index is 1.31. The molecule has 1 atom stereocenters. The van der Waals surface area contributed by atoms with E-state index < -0.39 is 11.9 Å². The highest BCUT2D eigenvalue weighted by molar-refractivity contribution is 6.33. The van der Waals surface area contributed by atoms with E-state index in [1.165, 1.54) is 0 Å². The van der Waals surface area contributed by atoms with Crippen molar-refractivity contribution in [1.29, 1.82) is 0 Å². The van der Waals surface area contributed by atoms with Crippen molar-refractivity contribution >= 4 is 29.0 Å². The van der Waals surface area contributed by atoms with Crippen LogP contribution in [0.15, 0.2) is 12.3 Å². The maximum absolute atomic E-state index is 13.3. The molecule has 0 spiro atoms. The van der Waals surface area contributed by atoms with E-state index in [0.29, 0.717) is 38.4 Å². The third kappa shape index (κ3) is 3.74. The van der Waals surface area contributed by atoms with Gasteiger partial charge < -0.3 is 14.7 Å². The summed E-state index contributed by atoms with van der Waals surface area (Å²) in [6.45, 7) is 5.44. The number of hydrogen-bond acceptors (Lipinski definition) is 6. The highest BCUT2D eigenvalue weighted by Gasteiger charge is 2.38. The van der Waals surface area contributed by atoms with Crippen LogP contribution in [0, 0.1) is 12.8 Å². The van der Waals surface area contributed by atoms with Crippen LogP contribution in [0.3, 0.4) is 0 Å². The van der Waals surface area contributed by atoms with Gasteiger partial charge in [-0.1, -0.05) is 11.6 Å². The van der Waals surface area contributed by atoms with E-state index in [9.17, 15) is 18.0 Å². The summed E-state index contributed by atoms with van der Waals surface area (Å²) in [6.07, 6.45) is -1.85. The van der Waals surface area contributed by atoms with E-state index in [0.717, 1.165) is 48.8 Å². The van der Waals surface area contributed by atoms with E-state index in [1.54, 1.807) is 9.80 Å². The van der Waals surface area contributed by atoms with Gasteiger partial charge in [0.1, 0.15) is 17.3 Å². The lowest BCUT2D eigenvalue weighted by molar-refractivity contribution is -0.141. The first kappa shape index (κ1) is 21.2. The van der Waals surface area contributed by atoms with Gasteiger partial charge in [0.15, 0.2) is 0 Å². The zero-order valence-corrected chi connectivity index (χ0v) is 18.2. The van der Waals surface area contributed by atoms with Gasteiger partial charge in [-0.25, -0.2) is 9.97 Å². The van der Waals surface area contributed by atoms with Crippen molar-refractivity contribution in [1.82, 2.24) is 19.9 Å². The molecule has 170 valence electrons. The van der Waals surface area contributed by atoms with Crippen LogP contribution in [0.2, 0.25) is 5.02 Å². The fourth-order valence-electron chi connectivity index (χ4n) is 4.57. The highest BCUT2D eigenvalue weighted by Crippen LogP contribution is 2.37. The van der Waals surface area contributed by atoms with Crippen molar-refractivity contribution in [3.63, 3.8) is 0 Å². The summed E-state index contributed by atoms with van der Waals surface area (Å²) >= 11 is 6.14. The average molecular weight is 467 g/mol. The number of pyridine rings is 1. The van der Waals surface area contributed by atoms with Crippen LogP contribution in [0.5, 0.6) is 0 Å². The van der Waals surface area contributed by atoms with E-state index in [1.807, 2.05) is 6.92 Å². The second-order valence-corrected chi connectivity index (χ2v) is 8.91. The molecule has 2 aromatic rings. The molecular weight excluding hydrogens is 445 g/mol. The summed E-state index contributed by atoms with van der Waals surface area (Å²) in [5.41, 5.74) is 1.16. The number of carbonyl (C=O) groups excluding carboxylic acids is 1. The van der Waals surface area contributed by atoms with Crippen molar-refractivity contribution in [3.8, 4) is 0 Å². The third-order valence-corrected chi connectivity index (χ3v) is 6.63. The number of aromatic nitrogens is 3. The predicted molar refractivity (Wildman–Crippen MR) is 112 cm³/mol. The van der Waals surface area contributed by atoms with E-state index in [4.69, 9.17) is 11.6 Å². The molecule has 3 aliphatic heterocycles. The molecule has 5 rings (SSSR count). The number of halogens is 4. The molecule has 2 aromatic heterocycles. The minimum atomic E-state index is -4.55. The van der Waals surface area contributed by atoms with Gasteiger partial charge in [-0.05, 0) is 25.8 Å². The number of fused-ring (bicyclic) bond motifs is 1. The maximum Gasteiger partial charge on any atom is 0.433 e. The first-order valence-electron chi connectivity index (χ1n) is 10.6. The number of anilines is 2. The number of hydrogen-bond donors (Lipinski definition) is 0. The van der Waals surface area contributed by atoms with Crippen LogP contribution in [-0.4, -0.2) is 51.9 Å². The van der Waals surface area contributed by atoms with Crippen LogP contribution >= 0.6 is 11.6 Å². The monoisotopic (exact) mass is 466 g/mol. The van der Waals surface area contributed by atoms with Crippen LogP contribution in [0.4, 0.5) is 24.7 Å². The standard InChI is InChI=1S/C21H22ClF3N6O/c1-12-27-16-11-31(10-14(16)19(28-12)29-4-2-5-29)20(32)13-3-6-30(9-13)17-7-18(21(23,24)25)26-8-15(17)22/h7-8,13H,2-6,9-11H2,1H3/t13-/m1/s1. The fourth-order valence-corrected chi connectivity index (χ4v) is 4.79. The molecule has 0 saturated carbocycles. The van der Waals surface area contributed by atoms with Crippen LogP contribution < -0.4 is 9.80 Å². The molecule has 0 aliphatic carbocycles. The van der Waals surface area contributed by atoms with E-state index >= 15 is 0 Å². The number of aryl methyl sites for hydroxylation is 1. The van der Waals surface area contributed by atoms with Gasteiger partial charge in [-0.15, -0.1) is 0 Å². The zero-order valence-electron chi connectivity index (χ0n) is 17.5. The van der Waals surface area contributed by atoms with Crippen molar-refractivity contribution < 1.29 is 18.0 Å². The Morgan fingerprint density at radius 1 is 1.16 bits per heavy atom. The molecule has 2 saturated heterocycles. The summed E-state index contributed by atoms with van der Waals surface area (Å²) in [5, 5.41) is 0.143. The molecule has 0 aromatic carbocycles. The Labute approximate surface area is 188 Å². The van der Waals surface area contributed by atoms with Gasteiger partial charge in [0.05, 0.1) is 35.4 Å². The molecule has 0 bridgehead atoms. The normalized spacial score (nSPS) is 20.5. The first-order chi connectivity index (χ1) is 15.2. The topological polar surface area (TPSA) is 65.5 Å². The van der Waals surface area contributed by atoms with E-state index in [-0.39, 0.29) is 22.5 Å². The molecule has 0 N–H and O–H groups in total. The predicted octanol–water partition coefficient (Wildman–Crippen LogP) is 3.43. The van der Waals surface area contributed by atoms with Gasteiger partial charge in [-0.3, -0.25) is 9.78 Å². The second-order valence-electron chi connectivity index (χ2n) is 8.50. The zero-order chi connectivity index (χ0) is 22.6. The molecule has 1 amide bonds. The fraction of sp³-hybridized carbons (Fsp3) is 0.524. The molecule has 32 heavy (non-hydrogen) atoms. The highest BCUT2D eigenvalue weighted by atomic mass is 35.5. The molecule has 7 nitrogen and oxygen atoms in total. The second kappa shape index (κ2) is 7.75. The lowest BCUT2D eigenvalue weighted by Gasteiger charge is -2.33. The largest absolute Gasteiger partial charge is 0.433 e. The Hall–Kier alpha value is -2.62. The van der Waals surface area contributed by atoms with Crippen molar-refractivity contribution in [3.05, 3.63) is 40.1 Å². The maximum atomic E-state index is 13.3. The summed E-state index contributed by atoms with van der Waals surface area (Å²) in [7, 11) is 0. The van der Waals surface area contributed by atoms with Gasteiger partial charge in [-0.2, -0.15) is 13.2 Å². The molecule has 5 heterocycles. The van der Waals surface area contributed by atoms with Gasteiger partial charge >= 0.3 is 6.18 Å².